The number of nitrogens with one attached hydrogen (secondary N) is 1. The topological polar surface area (TPSA) is 117 Å². The molecule has 3 heterocycles. The summed E-state index contributed by atoms with van der Waals surface area (Å²) in [6.07, 6.45) is 3.69. The number of carbonyl (C=O) groups is 2. The van der Waals surface area contributed by atoms with E-state index in [0.29, 0.717) is 43.0 Å². The highest BCUT2D eigenvalue weighted by Crippen LogP contribution is 2.41. The Kier molecular flexibility index (Phi) is 6.99. The third-order valence-corrected chi connectivity index (χ3v) is 6.45. The van der Waals surface area contributed by atoms with Crippen LogP contribution in [-0.4, -0.2) is 57.2 Å². The molecule has 0 bridgehead atoms. The molecule has 192 valence electrons. The normalized spacial score (nSPS) is 20.2. The lowest BCUT2D eigenvalue weighted by molar-refractivity contribution is -0.170. The first-order chi connectivity index (χ1) is 17.0. The second-order valence-electron chi connectivity index (χ2n) is 10.1. The maximum atomic E-state index is 12.5. The smallest absolute Gasteiger partial charge is 0.435 e. The summed E-state index contributed by atoms with van der Waals surface area (Å²) in [5.74, 6) is 0.826. The van der Waals surface area contributed by atoms with Crippen molar-refractivity contribution in [3.63, 3.8) is 0 Å². The molecule has 0 unspecified atom stereocenters. The molecule has 10 heteroatoms. The third-order valence-electron chi connectivity index (χ3n) is 6.45. The van der Waals surface area contributed by atoms with Gasteiger partial charge in [-0.15, -0.1) is 5.10 Å². The van der Waals surface area contributed by atoms with Gasteiger partial charge in [0.25, 0.3) is 0 Å². The molecule has 3 aromatic heterocycles. The van der Waals surface area contributed by atoms with Gasteiger partial charge in [-0.05, 0) is 65.5 Å². The minimum Gasteiger partial charge on any atom is -0.467 e. The van der Waals surface area contributed by atoms with Crippen LogP contribution in [0.3, 0.4) is 0 Å². The van der Waals surface area contributed by atoms with E-state index in [0.717, 1.165) is 16.6 Å². The Balaban J connectivity index is 1.61. The summed E-state index contributed by atoms with van der Waals surface area (Å²) < 4.78 is 17.3. The highest BCUT2D eigenvalue weighted by molar-refractivity contribution is 5.84. The van der Waals surface area contributed by atoms with E-state index in [2.05, 4.69) is 15.4 Å². The number of hydrogen-bond acceptors (Lipinski definition) is 9. The quantitative estimate of drug-likeness (QED) is 0.494. The van der Waals surface area contributed by atoms with Crippen LogP contribution in [0.25, 0.3) is 10.9 Å². The molecule has 1 N–H and O–H groups in total. The van der Waals surface area contributed by atoms with Crippen molar-refractivity contribution in [2.45, 2.75) is 70.5 Å². The number of methoxy groups -OCH3 is 2. The van der Waals surface area contributed by atoms with Crippen molar-refractivity contribution in [1.82, 2.24) is 19.7 Å². The summed E-state index contributed by atoms with van der Waals surface area (Å²) in [5, 5.41) is 8.54. The first-order valence-electron chi connectivity index (χ1n) is 12.0. The number of esters is 1. The molecule has 0 atom stereocenters. The number of aromatic nitrogens is 4. The fourth-order valence-electron chi connectivity index (χ4n) is 4.65. The largest absolute Gasteiger partial charge is 0.467 e. The van der Waals surface area contributed by atoms with Crippen LogP contribution in [0.5, 0.6) is 0 Å². The van der Waals surface area contributed by atoms with Crippen LogP contribution in [0.4, 0.5) is 16.4 Å². The molecule has 0 spiro atoms. The van der Waals surface area contributed by atoms with E-state index in [4.69, 9.17) is 19.2 Å². The van der Waals surface area contributed by atoms with E-state index in [9.17, 15) is 9.59 Å². The minimum absolute atomic E-state index is 0.0955. The standard InChI is InChI=1S/C26H33N5O5/c1-16-14-20(30-31(16)24(33)36-25(2,3)4)28-19-15-18-8-7-13-27-21(18)22(29-19)17-9-11-26(35-6,12-10-17)23(32)34-5/h7-8,13-15,17H,9-12H2,1-6H3,(H,28,29,30). The molecule has 0 aromatic carbocycles. The molecule has 36 heavy (non-hydrogen) atoms. The van der Waals surface area contributed by atoms with Crippen LogP contribution >= 0.6 is 0 Å². The van der Waals surface area contributed by atoms with E-state index >= 15 is 0 Å². The Morgan fingerprint density at radius 2 is 1.86 bits per heavy atom. The van der Waals surface area contributed by atoms with E-state index in [1.165, 1.54) is 11.8 Å². The van der Waals surface area contributed by atoms with E-state index < -0.39 is 17.3 Å². The van der Waals surface area contributed by atoms with Gasteiger partial charge in [-0.1, -0.05) is 6.07 Å². The second kappa shape index (κ2) is 9.85. The van der Waals surface area contributed by atoms with Crippen molar-refractivity contribution in [3.8, 4) is 0 Å². The van der Waals surface area contributed by atoms with E-state index in [1.807, 2.05) is 39.0 Å². The molecule has 0 saturated heterocycles. The number of fused-ring (bicyclic) bond motifs is 1. The lowest BCUT2D eigenvalue weighted by atomic mass is 9.77. The van der Waals surface area contributed by atoms with Gasteiger partial charge in [0, 0.05) is 36.4 Å². The van der Waals surface area contributed by atoms with Crippen molar-refractivity contribution in [2.75, 3.05) is 19.5 Å². The number of rotatable bonds is 5. The Morgan fingerprint density at radius 3 is 2.50 bits per heavy atom. The van der Waals surface area contributed by atoms with Gasteiger partial charge in [0.15, 0.2) is 11.4 Å². The first kappa shape index (κ1) is 25.6. The molecular formula is C26H33N5O5. The Labute approximate surface area is 210 Å². The molecule has 1 fully saturated rings. The molecule has 0 amide bonds. The SMILES string of the molecule is COC(=O)C1(OC)CCC(c2nc(Nc3cc(C)n(C(=O)OC(C)(C)C)n3)cc3cccnc23)CC1. The predicted octanol–water partition coefficient (Wildman–Crippen LogP) is 4.88. The summed E-state index contributed by atoms with van der Waals surface area (Å²) in [5.41, 5.74) is 0.774. The molecule has 4 rings (SSSR count). The second-order valence-corrected chi connectivity index (χ2v) is 10.1. The molecule has 1 aliphatic rings. The van der Waals surface area contributed by atoms with Crippen LogP contribution < -0.4 is 5.32 Å². The van der Waals surface area contributed by atoms with Gasteiger partial charge in [-0.2, -0.15) is 4.68 Å². The van der Waals surface area contributed by atoms with Gasteiger partial charge in [0.05, 0.1) is 18.3 Å². The average molecular weight is 496 g/mol. The fraction of sp³-hybridized carbons (Fsp3) is 0.500. The predicted molar refractivity (Wildman–Crippen MR) is 134 cm³/mol. The maximum absolute atomic E-state index is 12.5. The molecule has 10 nitrogen and oxygen atoms in total. The van der Waals surface area contributed by atoms with Crippen molar-refractivity contribution >= 4 is 34.6 Å². The fourth-order valence-corrected chi connectivity index (χ4v) is 4.65. The molecule has 3 aromatic rings. The average Bonchev–Trinajstić information content (AvgIpc) is 3.22. The first-order valence-corrected chi connectivity index (χ1v) is 12.0. The number of aryl methyl sites for hydroxylation is 1. The number of anilines is 2. The van der Waals surface area contributed by atoms with Crippen LogP contribution in [0.15, 0.2) is 30.5 Å². The number of carbonyl (C=O) groups excluding carboxylic acids is 2. The van der Waals surface area contributed by atoms with Crippen LogP contribution in [0, 0.1) is 6.92 Å². The zero-order chi connectivity index (χ0) is 26.1. The molecule has 0 radical (unpaired) electrons. The Hall–Kier alpha value is -3.53. The van der Waals surface area contributed by atoms with Gasteiger partial charge >= 0.3 is 12.1 Å². The summed E-state index contributed by atoms with van der Waals surface area (Å²) in [4.78, 5) is 34.4. The van der Waals surface area contributed by atoms with Crippen LogP contribution in [-0.2, 0) is 19.0 Å². The van der Waals surface area contributed by atoms with Crippen LogP contribution in [0.1, 0.15) is 63.8 Å². The molecule has 1 aliphatic carbocycles. The summed E-state index contributed by atoms with van der Waals surface area (Å²) in [7, 11) is 2.94. The van der Waals surface area contributed by atoms with Gasteiger partial charge in [-0.3, -0.25) is 4.98 Å². The Morgan fingerprint density at radius 1 is 1.14 bits per heavy atom. The van der Waals surface area contributed by atoms with Crippen LogP contribution in [0.2, 0.25) is 0 Å². The van der Waals surface area contributed by atoms with Crippen molar-refractivity contribution in [2.24, 2.45) is 0 Å². The number of hydrogen-bond donors (Lipinski definition) is 1. The van der Waals surface area contributed by atoms with Gasteiger partial charge in [0.2, 0.25) is 0 Å². The Bertz CT molecular complexity index is 1270. The third kappa shape index (κ3) is 5.18. The maximum Gasteiger partial charge on any atom is 0.435 e. The summed E-state index contributed by atoms with van der Waals surface area (Å²) in [6.45, 7) is 7.22. The molecular weight excluding hydrogens is 462 g/mol. The lowest BCUT2D eigenvalue weighted by Gasteiger charge is -2.36. The van der Waals surface area contributed by atoms with Gasteiger partial charge in [-0.25, -0.2) is 14.6 Å². The van der Waals surface area contributed by atoms with Crippen molar-refractivity contribution in [3.05, 3.63) is 41.9 Å². The highest BCUT2D eigenvalue weighted by atomic mass is 16.6. The summed E-state index contributed by atoms with van der Waals surface area (Å²) in [6, 6.07) is 7.54. The molecule has 0 aliphatic heterocycles. The van der Waals surface area contributed by atoms with Gasteiger partial charge < -0.3 is 19.5 Å². The number of pyridine rings is 2. The lowest BCUT2D eigenvalue weighted by Crippen LogP contribution is -2.44. The summed E-state index contributed by atoms with van der Waals surface area (Å²) >= 11 is 0. The zero-order valence-corrected chi connectivity index (χ0v) is 21.6. The number of ether oxygens (including phenoxy) is 3. The van der Waals surface area contributed by atoms with Crippen molar-refractivity contribution in [1.29, 1.82) is 0 Å². The van der Waals surface area contributed by atoms with E-state index in [1.54, 1.807) is 26.3 Å². The van der Waals surface area contributed by atoms with E-state index in [-0.39, 0.29) is 11.9 Å². The zero-order valence-electron chi connectivity index (χ0n) is 21.6. The van der Waals surface area contributed by atoms with Crippen molar-refractivity contribution < 1.29 is 23.8 Å². The highest BCUT2D eigenvalue weighted by Gasteiger charge is 2.44. The minimum atomic E-state index is -0.920. The number of nitrogens with zero attached hydrogens (tertiary/aromatic N) is 4. The monoisotopic (exact) mass is 495 g/mol. The van der Waals surface area contributed by atoms with Gasteiger partial charge in [0.1, 0.15) is 11.4 Å². The molecule has 1 saturated carbocycles.